The quantitative estimate of drug-likeness (QED) is 0.423. The summed E-state index contributed by atoms with van der Waals surface area (Å²) in [4.78, 5) is 17.2. The molecule has 3 aromatic heterocycles. The fraction of sp³-hybridized carbons (Fsp3) is 0.188. The van der Waals surface area contributed by atoms with Crippen LogP contribution in [0.4, 0.5) is 0 Å². The van der Waals surface area contributed by atoms with Crippen molar-refractivity contribution >= 4 is 28.1 Å². The van der Waals surface area contributed by atoms with Crippen LogP contribution in [0.25, 0.3) is 16.3 Å². The highest BCUT2D eigenvalue weighted by Gasteiger charge is 2.13. The van der Waals surface area contributed by atoms with E-state index in [4.69, 9.17) is 5.84 Å². The summed E-state index contributed by atoms with van der Waals surface area (Å²) in [5, 5.41) is 13.8. The Hall–Kier alpha value is -2.72. The molecule has 0 bridgehead atoms. The highest BCUT2D eigenvalue weighted by Crippen LogP contribution is 2.24. The van der Waals surface area contributed by atoms with Crippen LogP contribution in [0.2, 0.25) is 0 Å². The van der Waals surface area contributed by atoms with E-state index in [1.807, 2.05) is 38.1 Å². The van der Waals surface area contributed by atoms with E-state index in [2.05, 4.69) is 20.3 Å². The van der Waals surface area contributed by atoms with Gasteiger partial charge >= 0.3 is 0 Å². The third-order valence-electron chi connectivity index (χ3n) is 3.72. The van der Waals surface area contributed by atoms with Gasteiger partial charge in [0, 0.05) is 17.4 Å². The number of hydrogen-bond acceptors (Lipinski definition) is 8. The smallest absolute Gasteiger partial charge is 0.275 e. The van der Waals surface area contributed by atoms with Gasteiger partial charge in [0.2, 0.25) is 10.1 Å². The van der Waals surface area contributed by atoms with Crippen molar-refractivity contribution in [1.29, 1.82) is 0 Å². The standard InChI is InChI=1S/C16H15N7OS2/c1-9-3-5-11(6-4-9)14-19-20-16(22(14)17)25-8-12-7-13(24)23-15(18-12)26-10(2)21-23/h3-7H,8,17H2,1-2H3. The Labute approximate surface area is 156 Å². The van der Waals surface area contributed by atoms with Gasteiger partial charge in [-0.3, -0.25) is 4.79 Å². The summed E-state index contributed by atoms with van der Waals surface area (Å²) < 4.78 is 2.77. The lowest BCUT2D eigenvalue weighted by molar-refractivity contribution is 0.847. The van der Waals surface area contributed by atoms with Crippen molar-refractivity contribution in [2.24, 2.45) is 0 Å². The maximum Gasteiger partial charge on any atom is 0.275 e. The van der Waals surface area contributed by atoms with Crippen LogP contribution in [-0.4, -0.2) is 29.5 Å². The number of nitrogens with zero attached hydrogens (tertiary/aromatic N) is 6. The molecule has 8 nitrogen and oxygen atoms in total. The molecule has 10 heteroatoms. The molecule has 0 amide bonds. The molecule has 0 fully saturated rings. The largest absolute Gasteiger partial charge is 0.335 e. The summed E-state index contributed by atoms with van der Waals surface area (Å²) in [6.45, 7) is 3.87. The number of aryl methyl sites for hydroxylation is 2. The molecule has 0 aliphatic rings. The maximum absolute atomic E-state index is 12.1. The number of nitrogens with two attached hydrogens (primary N) is 1. The van der Waals surface area contributed by atoms with E-state index in [0.717, 1.165) is 16.1 Å². The maximum atomic E-state index is 12.1. The van der Waals surface area contributed by atoms with E-state index in [-0.39, 0.29) is 5.56 Å². The van der Waals surface area contributed by atoms with Gasteiger partial charge in [0.1, 0.15) is 5.01 Å². The van der Waals surface area contributed by atoms with Gasteiger partial charge in [-0.15, -0.1) is 10.2 Å². The molecule has 2 N–H and O–H groups in total. The summed E-state index contributed by atoms with van der Waals surface area (Å²) in [5.74, 6) is 7.19. The van der Waals surface area contributed by atoms with Gasteiger partial charge in [-0.2, -0.15) is 9.61 Å². The summed E-state index contributed by atoms with van der Waals surface area (Å²) in [7, 11) is 0. The minimum atomic E-state index is -0.190. The molecular formula is C16H15N7OS2. The first-order chi connectivity index (χ1) is 12.5. The number of rotatable bonds is 4. The molecule has 1 aromatic carbocycles. The molecular weight excluding hydrogens is 370 g/mol. The molecule has 4 rings (SSSR count). The zero-order valence-electron chi connectivity index (χ0n) is 14.1. The Balaban J connectivity index is 1.57. The minimum absolute atomic E-state index is 0.190. The third-order valence-corrected chi connectivity index (χ3v) is 5.52. The van der Waals surface area contributed by atoms with Crippen molar-refractivity contribution < 1.29 is 0 Å². The lowest BCUT2D eigenvalue weighted by Crippen LogP contribution is -2.15. The van der Waals surface area contributed by atoms with Gasteiger partial charge < -0.3 is 5.84 Å². The number of hydrogen-bond donors (Lipinski definition) is 1. The van der Waals surface area contributed by atoms with Gasteiger partial charge in [-0.25, -0.2) is 9.66 Å². The fourth-order valence-corrected chi connectivity index (χ4v) is 3.96. The van der Waals surface area contributed by atoms with Gasteiger partial charge in [0.25, 0.3) is 5.56 Å². The van der Waals surface area contributed by atoms with Crippen molar-refractivity contribution in [2.45, 2.75) is 24.8 Å². The van der Waals surface area contributed by atoms with Crippen molar-refractivity contribution in [3.05, 3.63) is 57.0 Å². The topological polar surface area (TPSA) is 104 Å². The van der Waals surface area contributed by atoms with Crippen LogP contribution >= 0.6 is 23.1 Å². The average molecular weight is 385 g/mol. The average Bonchev–Trinajstić information content (AvgIpc) is 3.16. The van der Waals surface area contributed by atoms with Gasteiger partial charge in [-0.05, 0) is 13.8 Å². The zero-order valence-corrected chi connectivity index (χ0v) is 15.7. The molecule has 0 atom stereocenters. The highest BCUT2D eigenvalue weighted by molar-refractivity contribution is 7.98. The van der Waals surface area contributed by atoms with E-state index in [0.29, 0.717) is 27.4 Å². The summed E-state index contributed by atoms with van der Waals surface area (Å²) in [6.07, 6.45) is 0. The minimum Gasteiger partial charge on any atom is -0.335 e. The van der Waals surface area contributed by atoms with Crippen LogP contribution in [0.15, 0.2) is 40.3 Å². The first-order valence-corrected chi connectivity index (χ1v) is 9.58. The van der Waals surface area contributed by atoms with Crippen molar-refractivity contribution in [3.63, 3.8) is 0 Å². The summed E-state index contributed by atoms with van der Waals surface area (Å²) in [6, 6.07) is 9.40. The Kier molecular flexibility index (Phi) is 4.21. The van der Waals surface area contributed by atoms with Crippen LogP contribution in [0, 0.1) is 13.8 Å². The van der Waals surface area contributed by atoms with Crippen LogP contribution in [0.1, 0.15) is 16.3 Å². The Morgan fingerprint density at radius 3 is 2.73 bits per heavy atom. The number of thioether (sulfide) groups is 1. The van der Waals surface area contributed by atoms with E-state index in [9.17, 15) is 4.79 Å². The molecule has 132 valence electrons. The van der Waals surface area contributed by atoms with E-state index in [1.54, 1.807) is 0 Å². The summed E-state index contributed by atoms with van der Waals surface area (Å²) >= 11 is 2.76. The second-order valence-corrected chi connectivity index (χ2v) is 7.83. The second kappa shape index (κ2) is 6.54. The second-order valence-electron chi connectivity index (χ2n) is 5.73. The first-order valence-electron chi connectivity index (χ1n) is 7.78. The SMILES string of the molecule is Cc1ccc(-c2nnc(SCc3cc(=O)n4nc(C)sc4n3)n2N)cc1. The molecule has 3 heterocycles. The number of fused-ring (bicyclic) bond motifs is 1. The molecule has 0 radical (unpaired) electrons. The van der Waals surface area contributed by atoms with Crippen molar-refractivity contribution in [2.75, 3.05) is 5.84 Å². The molecule has 4 aromatic rings. The highest BCUT2D eigenvalue weighted by atomic mass is 32.2. The molecule has 26 heavy (non-hydrogen) atoms. The fourth-order valence-electron chi connectivity index (χ4n) is 2.44. The normalized spacial score (nSPS) is 11.3. The number of aromatic nitrogens is 6. The lowest BCUT2D eigenvalue weighted by Gasteiger charge is -2.04. The summed E-state index contributed by atoms with van der Waals surface area (Å²) in [5.41, 5.74) is 2.53. The van der Waals surface area contributed by atoms with Gasteiger partial charge in [0.05, 0.1) is 5.69 Å². The predicted octanol–water partition coefficient (Wildman–Crippen LogP) is 2.03. The molecule has 0 saturated carbocycles. The van der Waals surface area contributed by atoms with Crippen LogP contribution in [-0.2, 0) is 5.75 Å². The molecule has 0 aliphatic carbocycles. The van der Waals surface area contributed by atoms with Crippen molar-refractivity contribution in [1.82, 2.24) is 29.5 Å². The predicted molar refractivity (Wildman–Crippen MR) is 102 cm³/mol. The molecule has 0 saturated heterocycles. The van der Waals surface area contributed by atoms with E-state index >= 15 is 0 Å². The zero-order chi connectivity index (χ0) is 18.3. The van der Waals surface area contributed by atoms with Crippen molar-refractivity contribution in [3.8, 4) is 11.4 Å². The molecule has 0 aliphatic heterocycles. The molecule has 0 unspecified atom stereocenters. The van der Waals surface area contributed by atoms with Gasteiger partial charge in [-0.1, -0.05) is 52.9 Å². The van der Waals surface area contributed by atoms with Gasteiger partial charge in [0.15, 0.2) is 5.82 Å². The van der Waals surface area contributed by atoms with E-state index < -0.39 is 0 Å². The molecule has 0 spiro atoms. The van der Waals surface area contributed by atoms with Crippen LogP contribution in [0.5, 0.6) is 0 Å². The Morgan fingerprint density at radius 1 is 1.19 bits per heavy atom. The first kappa shape index (κ1) is 16.7. The van der Waals surface area contributed by atoms with Crippen LogP contribution in [0.3, 0.4) is 0 Å². The number of nitrogen functional groups attached to an aromatic ring is 1. The van der Waals surface area contributed by atoms with Crippen LogP contribution < -0.4 is 11.4 Å². The third kappa shape index (κ3) is 3.08. The Bertz CT molecular complexity index is 1140. The van der Waals surface area contributed by atoms with E-state index in [1.165, 1.54) is 38.4 Å². The lowest BCUT2D eigenvalue weighted by atomic mass is 10.1. The monoisotopic (exact) mass is 385 g/mol. The Morgan fingerprint density at radius 2 is 1.96 bits per heavy atom. The number of benzene rings is 1.